The zero-order chi connectivity index (χ0) is 23.0. The molecule has 2 N–H and O–H groups in total. The highest BCUT2D eigenvalue weighted by Gasteiger charge is 2.16. The van der Waals surface area contributed by atoms with Crippen LogP contribution in [0.4, 0.5) is 4.79 Å². The molecule has 0 aliphatic carbocycles. The Bertz CT molecular complexity index is 886. The number of thioether (sulfide) groups is 1. The molecule has 0 saturated carbocycles. The third-order valence-corrected chi connectivity index (χ3v) is 8.55. The maximum atomic E-state index is 12.9. The number of rotatable bonds is 8. The lowest BCUT2D eigenvalue weighted by Gasteiger charge is -2.19. The molecule has 32 heavy (non-hydrogen) atoms. The summed E-state index contributed by atoms with van der Waals surface area (Å²) in [5, 5.41) is 6.18. The normalized spacial score (nSPS) is 16.3. The van der Waals surface area contributed by atoms with Crippen LogP contribution in [0.2, 0.25) is 0 Å². The number of carbonyl (C=O) groups is 1. The Morgan fingerprint density at radius 2 is 1.97 bits per heavy atom. The second-order valence-electron chi connectivity index (χ2n) is 8.61. The van der Waals surface area contributed by atoms with Crippen molar-refractivity contribution in [2.24, 2.45) is 0 Å². The van der Waals surface area contributed by atoms with Gasteiger partial charge in [-0.1, -0.05) is 0 Å². The summed E-state index contributed by atoms with van der Waals surface area (Å²) in [7, 11) is -1.23. The Labute approximate surface area is 201 Å². The minimum absolute atomic E-state index is 0.361. The molecule has 2 heterocycles. The van der Waals surface area contributed by atoms with Gasteiger partial charge in [0.15, 0.2) is 0 Å². The van der Waals surface area contributed by atoms with Crippen LogP contribution in [0.5, 0.6) is 0 Å². The lowest BCUT2D eigenvalue weighted by Crippen LogP contribution is -2.31. The first-order valence-corrected chi connectivity index (χ1v) is 13.9. The fourth-order valence-electron chi connectivity index (χ4n) is 3.22. The first kappa shape index (κ1) is 25.2. The van der Waals surface area contributed by atoms with Gasteiger partial charge in [-0.15, -0.1) is 23.1 Å². The highest BCUT2D eigenvalue weighted by molar-refractivity contribution is 7.99. The van der Waals surface area contributed by atoms with Crippen molar-refractivity contribution in [1.29, 1.82) is 0 Å². The first-order chi connectivity index (χ1) is 15.3. The highest BCUT2D eigenvalue weighted by Crippen LogP contribution is 2.26. The van der Waals surface area contributed by atoms with E-state index in [-0.39, 0.29) is 0 Å². The minimum atomic E-state index is -1.23. The van der Waals surface area contributed by atoms with Crippen LogP contribution < -0.4 is 10.6 Å². The Balaban J connectivity index is 1.46. The van der Waals surface area contributed by atoms with Crippen LogP contribution in [-0.2, 0) is 22.1 Å². The summed E-state index contributed by atoms with van der Waals surface area (Å²) < 4.78 is 19.0. The number of hydrogen-bond acceptors (Lipinski definition) is 7. The van der Waals surface area contributed by atoms with Gasteiger partial charge in [-0.05, 0) is 76.7 Å². The van der Waals surface area contributed by atoms with Gasteiger partial charge in [-0.3, -0.25) is 0 Å². The molecule has 1 aliphatic heterocycles. The quantitative estimate of drug-likeness (QED) is 0.532. The lowest BCUT2D eigenvalue weighted by molar-refractivity contribution is 0.0524. The highest BCUT2D eigenvalue weighted by atomic mass is 32.2. The summed E-state index contributed by atoms with van der Waals surface area (Å²) in [5.41, 5.74) is -0.527. The SMILES string of the molecule is CC(C)(C)OC(=O)NCc1ccc(S(=O)c2ccc(SCCN3CCCNCC3)cc2)s1. The number of benzene rings is 1. The monoisotopic (exact) mass is 495 g/mol. The molecule has 1 unspecified atom stereocenters. The number of amides is 1. The molecule has 2 aromatic rings. The fourth-order valence-corrected chi connectivity index (χ4v) is 6.53. The van der Waals surface area contributed by atoms with E-state index in [0.717, 1.165) is 45.9 Å². The van der Waals surface area contributed by atoms with Crippen molar-refractivity contribution in [2.75, 3.05) is 38.5 Å². The topological polar surface area (TPSA) is 70.7 Å². The van der Waals surface area contributed by atoms with Crippen LogP contribution in [-0.4, -0.2) is 59.3 Å². The Hall–Kier alpha value is -1.39. The van der Waals surface area contributed by atoms with Gasteiger partial charge >= 0.3 is 6.09 Å². The molecule has 9 heteroatoms. The van der Waals surface area contributed by atoms with Gasteiger partial charge in [0.25, 0.3) is 0 Å². The van der Waals surface area contributed by atoms with E-state index in [4.69, 9.17) is 4.74 Å². The van der Waals surface area contributed by atoms with Crippen LogP contribution in [0.3, 0.4) is 0 Å². The van der Waals surface area contributed by atoms with Gasteiger partial charge in [0.1, 0.15) is 5.60 Å². The van der Waals surface area contributed by atoms with E-state index in [2.05, 4.69) is 27.7 Å². The molecule has 1 aromatic heterocycles. The summed E-state index contributed by atoms with van der Waals surface area (Å²) in [5.74, 6) is 1.06. The van der Waals surface area contributed by atoms with Gasteiger partial charge in [0.05, 0.1) is 21.6 Å². The second kappa shape index (κ2) is 12.2. The third kappa shape index (κ3) is 8.51. The molecule has 6 nitrogen and oxygen atoms in total. The number of nitrogens with zero attached hydrogens (tertiary/aromatic N) is 1. The standard InChI is InChI=1S/C23H33N3O3S3/c1-23(2,3)29-22(27)25-17-19-7-10-21(31-19)32(28)20-8-5-18(6-9-20)30-16-15-26-13-4-11-24-12-14-26/h5-10,24H,4,11-17H2,1-3H3,(H,25,27). The van der Waals surface area contributed by atoms with E-state index in [0.29, 0.717) is 6.54 Å². The van der Waals surface area contributed by atoms with Crippen LogP contribution in [0.25, 0.3) is 0 Å². The third-order valence-electron chi connectivity index (χ3n) is 4.77. The molecular formula is C23H33N3O3S3. The van der Waals surface area contributed by atoms with Crippen molar-refractivity contribution >= 4 is 40.0 Å². The van der Waals surface area contributed by atoms with Crippen LogP contribution in [0.15, 0.2) is 50.4 Å². The number of carbonyl (C=O) groups excluding carboxylic acids is 1. The largest absolute Gasteiger partial charge is 0.444 e. The summed E-state index contributed by atoms with van der Waals surface area (Å²) in [4.78, 5) is 17.3. The molecule has 3 rings (SSSR count). The van der Waals surface area contributed by atoms with Gasteiger partial charge < -0.3 is 20.3 Å². The van der Waals surface area contributed by atoms with Crippen molar-refractivity contribution in [1.82, 2.24) is 15.5 Å². The summed E-state index contributed by atoms with van der Waals surface area (Å²) >= 11 is 3.29. The van der Waals surface area contributed by atoms with E-state index in [1.165, 1.54) is 29.2 Å². The number of ether oxygens (including phenoxy) is 1. The molecule has 1 fully saturated rings. The maximum Gasteiger partial charge on any atom is 0.407 e. The average Bonchev–Trinajstić information content (AvgIpc) is 3.07. The van der Waals surface area contributed by atoms with Crippen molar-refractivity contribution in [3.8, 4) is 0 Å². The predicted octanol–water partition coefficient (Wildman–Crippen LogP) is 4.33. The van der Waals surface area contributed by atoms with Crippen molar-refractivity contribution < 1.29 is 13.7 Å². The molecule has 1 saturated heterocycles. The smallest absolute Gasteiger partial charge is 0.407 e. The Kier molecular flexibility index (Phi) is 9.61. The van der Waals surface area contributed by atoms with E-state index in [1.54, 1.807) is 0 Å². The molecule has 176 valence electrons. The summed E-state index contributed by atoms with van der Waals surface area (Å²) in [6, 6.07) is 11.8. The fraction of sp³-hybridized carbons (Fsp3) is 0.522. The molecular weight excluding hydrogens is 462 g/mol. The molecule has 0 radical (unpaired) electrons. The summed E-state index contributed by atoms with van der Waals surface area (Å²) in [6.07, 6.45) is 0.765. The Morgan fingerprint density at radius 3 is 2.72 bits per heavy atom. The zero-order valence-electron chi connectivity index (χ0n) is 19.0. The molecule has 0 bridgehead atoms. The first-order valence-electron chi connectivity index (χ1n) is 10.9. The van der Waals surface area contributed by atoms with Gasteiger partial charge in [0.2, 0.25) is 0 Å². The summed E-state index contributed by atoms with van der Waals surface area (Å²) in [6.45, 7) is 11.4. The Morgan fingerprint density at radius 1 is 1.19 bits per heavy atom. The van der Waals surface area contributed by atoms with Gasteiger partial charge in [0, 0.05) is 40.1 Å². The number of nitrogens with one attached hydrogen (secondary N) is 2. The van der Waals surface area contributed by atoms with Crippen LogP contribution >= 0.6 is 23.1 Å². The van der Waals surface area contributed by atoms with Crippen LogP contribution in [0.1, 0.15) is 32.1 Å². The molecule has 1 atom stereocenters. The number of alkyl carbamates (subject to hydrolysis) is 1. The van der Waals surface area contributed by atoms with E-state index in [1.807, 2.05) is 56.8 Å². The molecule has 1 aromatic carbocycles. The van der Waals surface area contributed by atoms with E-state index < -0.39 is 22.5 Å². The zero-order valence-corrected chi connectivity index (χ0v) is 21.5. The molecule has 1 aliphatic rings. The van der Waals surface area contributed by atoms with Gasteiger partial charge in [-0.25, -0.2) is 9.00 Å². The van der Waals surface area contributed by atoms with Gasteiger partial charge in [-0.2, -0.15) is 0 Å². The average molecular weight is 496 g/mol. The lowest BCUT2D eigenvalue weighted by atomic mass is 10.2. The van der Waals surface area contributed by atoms with Crippen molar-refractivity contribution in [3.63, 3.8) is 0 Å². The minimum Gasteiger partial charge on any atom is -0.444 e. The number of hydrogen-bond donors (Lipinski definition) is 2. The number of thiophene rings is 1. The van der Waals surface area contributed by atoms with Crippen LogP contribution in [0, 0.1) is 0 Å². The predicted molar refractivity (Wildman–Crippen MR) is 133 cm³/mol. The maximum absolute atomic E-state index is 12.9. The molecule has 1 amide bonds. The van der Waals surface area contributed by atoms with Crippen molar-refractivity contribution in [3.05, 3.63) is 41.3 Å². The van der Waals surface area contributed by atoms with Crippen molar-refractivity contribution in [2.45, 2.75) is 53.3 Å². The molecule has 0 spiro atoms. The second-order valence-corrected chi connectivity index (χ2v) is 12.7. The van der Waals surface area contributed by atoms with E-state index in [9.17, 15) is 9.00 Å². The van der Waals surface area contributed by atoms with E-state index >= 15 is 0 Å².